The number of nitrogens with one attached hydrogen (secondary N) is 1. The van der Waals surface area contributed by atoms with Crippen LogP contribution in [-0.4, -0.2) is 18.1 Å². The summed E-state index contributed by atoms with van der Waals surface area (Å²) in [4.78, 5) is 0. The lowest BCUT2D eigenvalue weighted by Gasteiger charge is -2.16. The lowest BCUT2D eigenvalue weighted by atomic mass is 10.0. The SMILES string of the molecule is CSCCC(Cc1c(Cl)cccc1Cl)NN. The Morgan fingerprint density at radius 3 is 2.50 bits per heavy atom. The lowest BCUT2D eigenvalue weighted by molar-refractivity contribution is 0.514. The minimum atomic E-state index is 0.213. The normalized spacial score (nSPS) is 12.8. The molecule has 1 atom stereocenters. The zero-order valence-electron chi connectivity index (χ0n) is 9.17. The maximum Gasteiger partial charge on any atom is 0.0453 e. The molecule has 0 aromatic heterocycles. The molecule has 0 spiro atoms. The zero-order chi connectivity index (χ0) is 12.0. The summed E-state index contributed by atoms with van der Waals surface area (Å²) in [7, 11) is 0. The number of rotatable bonds is 6. The molecule has 0 amide bonds. The number of hydrogen-bond acceptors (Lipinski definition) is 3. The Kier molecular flexibility index (Phi) is 6.54. The van der Waals surface area contributed by atoms with E-state index < -0.39 is 0 Å². The second-order valence-electron chi connectivity index (χ2n) is 3.55. The van der Waals surface area contributed by atoms with E-state index in [4.69, 9.17) is 29.0 Å². The van der Waals surface area contributed by atoms with Crippen molar-refractivity contribution in [2.24, 2.45) is 5.84 Å². The third kappa shape index (κ3) is 4.15. The molecular formula is C11H16Cl2N2S. The number of hydrogen-bond donors (Lipinski definition) is 2. The second-order valence-corrected chi connectivity index (χ2v) is 5.35. The highest BCUT2D eigenvalue weighted by Crippen LogP contribution is 2.26. The molecule has 16 heavy (non-hydrogen) atoms. The molecule has 0 aliphatic heterocycles. The van der Waals surface area contributed by atoms with Gasteiger partial charge in [0.15, 0.2) is 0 Å². The van der Waals surface area contributed by atoms with Crippen LogP contribution in [0.3, 0.4) is 0 Å². The van der Waals surface area contributed by atoms with E-state index >= 15 is 0 Å². The number of thioether (sulfide) groups is 1. The Hall–Kier alpha value is 0.0700. The van der Waals surface area contributed by atoms with Gasteiger partial charge in [-0.3, -0.25) is 11.3 Å². The highest BCUT2D eigenvalue weighted by atomic mass is 35.5. The van der Waals surface area contributed by atoms with Gasteiger partial charge in [0, 0.05) is 16.1 Å². The first kappa shape index (κ1) is 14.1. The fourth-order valence-corrected chi connectivity index (χ4v) is 2.55. The van der Waals surface area contributed by atoms with Gasteiger partial charge in [-0.25, -0.2) is 0 Å². The molecule has 1 rings (SSSR count). The van der Waals surface area contributed by atoms with Crippen LogP contribution in [-0.2, 0) is 6.42 Å². The van der Waals surface area contributed by atoms with E-state index in [0.29, 0.717) is 10.0 Å². The molecule has 90 valence electrons. The van der Waals surface area contributed by atoms with E-state index in [2.05, 4.69) is 11.7 Å². The Balaban J connectivity index is 2.69. The number of halogens is 2. The van der Waals surface area contributed by atoms with Gasteiger partial charge in [-0.1, -0.05) is 29.3 Å². The molecule has 1 aromatic rings. The molecule has 0 aliphatic rings. The van der Waals surface area contributed by atoms with Crippen LogP contribution in [0.25, 0.3) is 0 Å². The topological polar surface area (TPSA) is 38.0 Å². The molecule has 1 aromatic carbocycles. The average molecular weight is 279 g/mol. The van der Waals surface area contributed by atoms with Gasteiger partial charge >= 0.3 is 0 Å². The quantitative estimate of drug-likeness (QED) is 0.620. The molecule has 5 heteroatoms. The summed E-state index contributed by atoms with van der Waals surface area (Å²) in [6, 6.07) is 5.77. The van der Waals surface area contributed by atoms with E-state index in [1.54, 1.807) is 11.8 Å². The molecule has 0 heterocycles. The Morgan fingerprint density at radius 1 is 1.38 bits per heavy atom. The van der Waals surface area contributed by atoms with Crippen LogP contribution in [0.4, 0.5) is 0 Å². The number of nitrogens with two attached hydrogens (primary N) is 1. The van der Waals surface area contributed by atoms with Gasteiger partial charge in [-0.15, -0.1) is 0 Å². The maximum atomic E-state index is 6.11. The lowest BCUT2D eigenvalue weighted by Crippen LogP contribution is -2.37. The first-order valence-corrected chi connectivity index (χ1v) is 7.22. The fraction of sp³-hybridized carbons (Fsp3) is 0.455. The van der Waals surface area contributed by atoms with E-state index in [1.807, 2.05) is 18.2 Å². The number of hydrazine groups is 1. The van der Waals surface area contributed by atoms with Crippen LogP contribution in [0, 0.1) is 0 Å². The highest BCUT2D eigenvalue weighted by molar-refractivity contribution is 7.98. The summed E-state index contributed by atoms with van der Waals surface area (Å²) in [6.07, 6.45) is 3.84. The van der Waals surface area contributed by atoms with Crippen LogP contribution in [0.1, 0.15) is 12.0 Å². The maximum absolute atomic E-state index is 6.11. The standard InChI is InChI=1S/C11H16Cl2N2S/c1-16-6-5-8(15-14)7-9-10(12)3-2-4-11(9)13/h2-4,8,15H,5-7,14H2,1H3. The van der Waals surface area contributed by atoms with Crippen molar-refractivity contribution in [2.45, 2.75) is 18.9 Å². The third-order valence-corrected chi connectivity index (χ3v) is 3.77. The van der Waals surface area contributed by atoms with E-state index in [-0.39, 0.29) is 6.04 Å². The predicted molar refractivity (Wildman–Crippen MR) is 74.3 cm³/mol. The van der Waals surface area contributed by atoms with Gasteiger partial charge < -0.3 is 0 Å². The van der Waals surface area contributed by atoms with E-state index in [0.717, 1.165) is 24.2 Å². The molecule has 2 nitrogen and oxygen atoms in total. The molecular weight excluding hydrogens is 263 g/mol. The van der Waals surface area contributed by atoms with Crippen molar-refractivity contribution in [2.75, 3.05) is 12.0 Å². The van der Waals surface area contributed by atoms with Gasteiger partial charge in [0.05, 0.1) is 0 Å². The third-order valence-electron chi connectivity index (χ3n) is 2.42. The Bertz CT molecular complexity index is 314. The van der Waals surface area contributed by atoms with Crippen molar-refractivity contribution in [3.05, 3.63) is 33.8 Å². The first-order valence-electron chi connectivity index (χ1n) is 5.07. The zero-order valence-corrected chi connectivity index (χ0v) is 11.5. The van der Waals surface area contributed by atoms with E-state index in [9.17, 15) is 0 Å². The van der Waals surface area contributed by atoms with E-state index in [1.165, 1.54) is 0 Å². The van der Waals surface area contributed by atoms with Gasteiger partial charge in [0.2, 0.25) is 0 Å². The van der Waals surface area contributed by atoms with Crippen molar-refractivity contribution in [3.8, 4) is 0 Å². The smallest absolute Gasteiger partial charge is 0.0453 e. The molecule has 0 fully saturated rings. The monoisotopic (exact) mass is 278 g/mol. The molecule has 0 radical (unpaired) electrons. The summed E-state index contributed by atoms with van der Waals surface area (Å²) < 4.78 is 0. The van der Waals surface area contributed by atoms with Crippen molar-refractivity contribution < 1.29 is 0 Å². The molecule has 0 saturated heterocycles. The summed E-state index contributed by atoms with van der Waals surface area (Å²) >= 11 is 14.0. The van der Waals surface area contributed by atoms with Crippen LogP contribution < -0.4 is 11.3 Å². The summed E-state index contributed by atoms with van der Waals surface area (Å²) in [5.74, 6) is 6.58. The van der Waals surface area contributed by atoms with Crippen molar-refractivity contribution in [1.29, 1.82) is 0 Å². The Labute approximate surface area is 111 Å². The molecule has 1 unspecified atom stereocenters. The number of benzene rings is 1. The van der Waals surface area contributed by atoms with Crippen LogP contribution in [0.15, 0.2) is 18.2 Å². The minimum Gasteiger partial charge on any atom is -0.271 e. The summed E-state index contributed by atoms with van der Waals surface area (Å²) in [5, 5.41) is 1.41. The van der Waals surface area contributed by atoms with Crippen molar-refractivity contribution in [1.82, 2.24) is 5.43 Å². The van der Waals surface area contributed by atoms with Crippen molar-refractivity contribution >= 4 is 35.0 Å². The van der Waals surface area contributed by atoms with Crippen LogP contribution >= 0.6 is 35.0 Å². The van der Waals surface area contributed by atoms with Crippen molar-refractivity contribution in [3.63, 3.8) is 0 Å². The van der Waals surface area contributed by atoms with Crippen LogP contribution in [0.2, 0.25) is 10.0 Å². The fourth-order valence-electron chi connectivity index (χ4n) is 1.48. The van der Waals surface area contributed by atoms with Gasteiger partial charge in [-0.05, 0) is 42.5 Å². The largest absolute Gasteiger partial charge is 0.271 e. The molecule has 3 N–H and O–H groups in total. The molecule has 0 bridgehead atoms. The summed E-state index contributed by atoms with van der Waals surface area (Å²) in [6.45, 7) is 0. The highest BCUT2D eigenvalue weighted by Gasteiger charge is 2.12. The van der Waals surface area contributed by atoms with Gasteiger partial charge in [0.1, 0.15) is 0 Å². The summed E-state index contributed by atoms with van der Waals surface area (Å²) in [5.41, 5.74) is 3.78. The second kappa shape index (κ2) is 7.41. The van der Waals surface area contributed by atoms with Gasteiger partial charge in [-0.2, -0.15) is 11.8 Å². The minimum absolute atomic E-state index is 0.213. The molecule has 0 saturated carbocycles. The van der Waals surface area contributed by atoms with Gasteiger partial charge in [0.25, 0.3) is 0 Å². The Morgan fingerprint density at radius 2 is 2.00 bits per heavy atom. The average Bonchev–Trinajstić information content (AvgIpc) is 2.28. The van der Waals surface area contributed by atoms with Crippen LogP contribution in [0.5, 0.6) is 0 Å². The molecule has 0 aliphatic carbocycles. The first-order chi connectivity index (χ1) is 7.69. The predicted octanol–water partition coefficient (Wildman–Crippen LogP) is 3.12.